The number of nitro groups is 1. The first-order chi connectivity index (χ1) is 11.5. The number of amides is 1. The van der Waals surface area contributed by atoms with Gasteiger partial charge in [0.15, 0.2) is 0 Å². The predicted molar refractivity (Wildman–Crippen MR) is 84.8 cm³/mol. The van der Waals surface area contributed by atoms with Gasteiger partial charge in [0.25, 0.3) is 5.69 Å². The number of para-hydroxylation sites is 2. The lowest BCUT2D eigenvalue weighted by atomic mass is 10.1. The van der Waals surface area contributed by atoms with E-state index >= 15 is 0 Å². The summed E-state index contributed by atoms with van der Waals surface area (Å²) in [5.74, 6) is -1.18. The summed E-state index contributed by atoms with van der Waals surface area (Å²) in [6.45, 7) is 1.15. The van der Waals surface area contributed by atoms with E-state index in [2.05, 4.69) is 5.32 Å². The van der Waals surface area contributed by atoms with Gasteiger partial charge in [-0.1, -0.05) is 12.1 Å². The molecule has 1 unspecified atom stereocenters. The van der Waals surface area contributed by atoms with Gasteiger partial charge in [-0.05, 0) is 6.07 Å². The number of carboxylic acid groups (broad SMARTS) is 1. The standard InChI is InChI=1S/C15H19N3O6/c19-14(17-7-8-24-10-11(17)9-15(20)21)5-6-16-12-3-1-2-4-13(12)18(22)23/h1-4,11,16H,5-10H2,(H,20,21). The Morgan fingerprint density at radius 1 is 1.42 bits per heavy atom. The molecule has 0 aromatic heterocycles. The molecule has 130 valence electrons. The van der Waals surface area contributed by atoms with Crippen molar-refractivity contribution in [1.82, 2.24) is 4.90 Å². The van der Waals surface area contributed by atoms with Gasteiger partial charge in [0.1, 0.15) is 5.69 Å². The minimum Gasteiger partial charge on any atom is -0.481 e. The number of carbonyl (C=O) groups excluding carboxylic acids is 1. The maximum atomic E-state index is 12.3. The second-order valence-corrected chi connectivity index (χ2v) is 5.36. The first-order valence-corrected chi connectivity index (χ1v) is 7.55. The van der Waals surface area contributed by atoms with Crippen LogP contribution in [0.5, 0.6) is 0 Å². The van der Waals surface area contributed by atoms with Crippen molar-refractivity contribution in [2.75, 3.05) is 31.6 Å². The molecule has 1 aromatic carbocycles. The second kappa shape index (κ2) is 8.25. The van der Waals surface area contributed by atoms with Crippen molar-refractivity contribution >= 4 is 23.3 Å². The average molecular weight is 337 g/mol. The highest BCUT2D eigenvalue weighted by atomic mass is 16.6. The maximum absolute atomic E-state index is 12.3. The summed E-state index contributed by atoms with van der Waals surface area (Å²) in [5, 5.41) is 22.7. The van der Waals surface area contributed by atoms with Crippen molar-refractivity contribution in [3.05, 3.63) is 34.4 Å². The number of hydrogen-bond donors (Lipinski definition) is 2. The number of carboxylic acids is 1. The van der Waals surface area contributed by atoms with E-state index in [1.165, 1.54) is 11.0 Å². The zero-order valence-corrected chi connectivity index (χ0v) is 13.0. The van der Waals surface area contributed by atoms with E-state index < -0.39 is 16.9 Å². The summed E-state index contributed by atoms with van der Waals surface area (Å²) in [4.78, 5) is 35.1. The van der Waals surface area contributed by atoms with Crippen LogP contribution in [-0.4, -0.2) is 59.2 Å². The normalized spacial score (nSPS) is 17.3. The summed E-state index contributed by atoms with van der Waals surface area (Å²) in [5.41, 5.74) is 0.291. The van der Waals surface area contributed by atoms with Crippen LogP contribution in [0.4, 0.5) is 11.4 Å². The number of nitro benzene ring substituents is 1. The number of rotatable bonds is 7. The second-order valence-electron chi connectivity index (χ2n) is 5.36. The topological polar surface area (TPSA) is 122 Å². The van der Waals surface area contributed by atoms with Crippen molar-refractivity contribution < 1.29 is 24.4 Å². The fraction of sp³-hybridized carbons (Fsp3) is 0.467. The highest BCUT2D eigenvalue weighted by Crippen LogP contribution is 2.23. The van der Waals surface area contributed by atoms with E-state index in [1.54, 1.807) is 18.2 Å². The lowest BCUT2D eigenvalue weighted by Crippen LogP contribution is -2.49. The Morgan fingerprint density at radius 2 is 2.17 bits per heavy atom. The lowest BCUT2D eigenvalue weighted by Gasteiger charge is -2.35. The van der Waals surface area contributed by atoms with Gasteiger partial charge in [-0.25, -0.2) is 0 Å². The Bertz CT molecular complexity index is 621. The summed E-state index contributed by atoms with van der Waals surface area (Å²) >= 11 is 0. The molecule has 1 aromatic rings. The summed E-state index contributed by atoms with van der Waals surface area (Å²) < 4.78 is 5.23. The van der Waals surface area contributed by atoms with Crippen LogP contribution >= 0.6 is 0 Å². The van der Waals surface area contributed by atoms with Crippen LogP contribution in [0.3, 0.4) is 0 Å². The molecule has 1 aliphatic heterocycles. The number of carbonyl (C=O) groups is 2. The van der Waals surface area contributed by atoms with Gasteiger partial charge in [-0.3, -0.25) is 19.7 Å². The average Bonchev–Trinajstić information content (AvgIpc) is 2.55. The first kappa shape index (κ1) is 17.7. The molecule has 1 atom stereocenters. The predicted octanol–water partition coefficient (Wildman–Crippen LogP) is 1.10. The van der Waals surface area contributed by atoms with Gasteiger partial charge in [0.05, 0.1) is 30.6 Å². The molecular formula is C15H19N3O6. The molecule has 1 aliphatic rings. The Kier molecular flexibility index (Phi) is 6.07. The Morgan fingerprint density at radius 3 is 2.88 bits per heavy atom. The molecule has 0 spiro atoms. The van der Waals surface area contributed by atoms with E-state index in [9.17, 15) is 19.7 Å². The van der Waals surface area contributed by atoms with Crippen LogP contribution in [0.1, 0.15) is 12.8 Å². The number of hydrogen-bond acceptors (Lipinski definition) is 6. The monoisotopic (exact) mass is 337 g/mol. The molecule has 1 heterocycles. The van der Waals surface area contributed by atoms with Gasteiger partial charge in [0, 0.05) is 25.6 Å². The molecular weight excluding hydrogens is 318 g/mol. The fourth-order valence-electron chi connectivity index (χ4n) is 2.58. The summed E-state index contributed by atoms with van der Waals surface area (Å²) in [6.07, 6.45) is -0.0501. The van der Waals surface area contributed by atoms with Gasteiger partial charge in [-0.2, -0.15) is 0 Å². The molecule has 0 radical (unpaired) electrons. The molecule has 24 heavy (non-hydrogen) atoms. The van der Waals surface area contributed by atoms with Crippen molar-refractivity contribution in [1.29, 1.82) is 0 Å². The van der Waals surface area contributed by atoms with Crippen LogP contribution in [0, 0.1) is 10.1 Å². The molecule has 9 heteroatoms. The number of anilines is 1. The van der Waals surface area contributed by atoms with Crippen LogP contribution < -0.4 is 5.32 Å². The summed E-state index contributed by atoms with van der Waals surface area (Å²) in [7, 11) is 0. The third-order valence-corrected chi connectivity index (χ3v) is 3.71. The molecule has 2 rings (SSSR count). The van der Waals surface area contributed by atoms with E-state index in [4.69, 9.17) is 9.84 Å². The van der Waals surface area contributed by atoms with Crippen LogP contribution in [0.25, 0.3) is 0 Å². The van der Waals surface area contributed by atoms with E-state index in [0.717, 1.165) is 0 Å². The van der Waals surface area contributed by atoms with Gasteiger partial charge in [-0.15, -0.1) is 0 Å². The van der Waals surface area contributed by atoms with E-state index in [1.807, 2.05) is 0 Å². The Labute approximate surface area is 138 Å². The first-order valence-electron chi connectivity index (χ1n) is 7.55. The van der Waals surface area contributed by atoms with Crippen LogP contribution in [0.15, 0.2) is 24.3 Å². The van der Waals surface area contributed by atoms with Crippen LogP contribution in [0.2, 0.25) is 0 Å². The SMILES string of the molecule is O=C(O)CC1COCCN1C(=O)CCNc1ccccc1[N+](=O)[O-]. The lowest BCUT2D eigenvalue weighted by molar-refractivity contribution is -0.384. The van der Waals surface area contributed by atoms with Gasteiger partial charge >= 0.3 is 5.97 Å². The van der Waals surface area contributed by atoms with Crippen molar-refractivity contribution in [2.45, 2.75) is 18.9 Å². The third kappa shape index (κ3) is 4.66. The summed E-state index contributed by atoms with van der Waals surface area (Å²) in [6, 6.07) is 5.72. The molecule has 0 bridgehead atoms. The zero-order valence-electron chi connectivity index (χ0n) is 13.0. The van der Waals surface area contributed by atoms with Gasteiger partial charge in [0.2, 0.25) is 5.91 Å². The van der Waals surface area contributed by atoms with E-state index in [0.29, 0.717) is 18.8 Å². The maximum Gasteiger partial charge on any atom is 0.305 e. The number of benzene rings is 1. The molecule has 0 saturated carbocycles. The van der Waals surface area contributed by atoms with Crippen molar-refractivity contribution in [2.24, 2.45) is 0 Å². The third-order valence-electron chi connectivity index (χ3n) is 3.71. The fourth-order valence-corrected chi connectivity index (χ4v) is 2.58. The molecule has 1 saturated heterocycles. The number of aliphatic carboxylic acids is 1. The number of morpholine rings is 1. The minimum absolute atomic E-state index is 0.0555. The minimum atomic E-state index is -0.985. The quantitative estimate of drug-likeness (QED) is 0.564. The highest BCUT2D eigenvalue weighted by Gasteiger charge is 2.28. The molecule has 1 amide bonds. The zero-order chi connectivity index (χ0) is 17.5. The molecule has 2 N–H and O–H groups in total. The largest absolute Gasteiger partial charge is 0.481 e. The van der Waals surface area contributed by atoms with Crippen LogP contribution in [-0.2, 0) is 14.3 Å². The molecule has 0 aliphatic carbocycles. The van der Waals surface area contributed by atoms with Gasteiger partial charge < -0.3 is 20.1 Å². The highest BCUT2D eigenvalue weighted by molar-refractivity contribution is 5.78. The molecule has 1 fully saturated rings. The molecule has 9 nitrogen and oxygen atoms in total. The van der Waals surface area contributed by atoms with Crippen molar-refractivity contribution in [3.8, 4) is 0 Å². The van der Waals surface area contributed by atoms with E-state index in [-0.39, 0.29) is 37.6 Å². The smallest absolute Gasteiger partial charge is 0.305 e. The number of nitrogens with zero attached hydrogens (tertiary/aromatic N) is 2. The Balaban J connectivity index is 1.90. The Hall–Kier alpha value is -2.68. The van der Waals surface area contributed by atoms with Crippen molar-refractivity contribution in [3.63, 3.8) is 0 Å². The number of ether oxygens (including phenoxy) is 1. The number of nitrogens with one attached hydrogen (secondary N) is 1.